The number of amides is 3. The van der Waals surface area contributed by atoms with Crippen molar-refractivity contribution in [2.45, 2.75) is 0 Å². The molecule has 1 saturated heterocycles. The van der Waals surface area contributed by atoms with Gasteiger partial charge < -0.3 is 9.88 Å². The molecule has 1 aromatic heterocycles. The number of hydrogen-bond donors (Lipinski definition) is 1. The van der Waals surface area contributed by atoms with E-state index in [1.165, 1.54) is 0 Å². The van der Waals surface area contributed by atoms with Gasteiger partial charge in [0, 0.05) is 34.7 Å². The Labute approximate surface area is 149 Å². The first-order valence-electron chi connectivity index (χ1n) is 7.71. The van der Waals surface area contributed by atoms with Gasteiger partial charge in [0.1, 0.15) is 5.70 Å². The third-order valence-corrected chi connectivity index (χ3v) is 4.41. The molecule has 5 nitrogen and oxygen atoms in total. The molecule has 0 saturated carbocycles. The number of hydrogen-bond acceptors (Lipinski definition) is 2. The maximum absolute atomic E-state index is 12.7. The molecule has 25 heavy (non-hydrogen) atoms. The summed E-state index contributed by atoms with van der Waals surface area (Å²) in [6.45, 7) is 0. The lowest BCUT2D eigenvalue weighted by molar-refractivity contribution is -0.113. The van der Waals surface area contributed by atoms with E-state index in [-0.39, 0.29) is 5.70 Å². The maximum atomic E-state index is 12.7. The van der Waals surface area contributed by atoms with Gasteiger partial charge in [0.05, 0.1) is 5.69 Å². The fourth-order valence-corrected chi connectivity index (χ4v) is 3.21. The zero-order valence-electron chi connectivity index (χ0n) is 13.4. The highest BCUT2D eigenvalue weighted by atomic mass is 35.5. The molecule has 0 radical (unpaired) electrons. The van der Waals surface area contributed by atoms with Gasteiger partial charge in [-0.2, -0.15) is 0 Å². The monoisotopic (exact) mass is 351 g/mol. The number of imide groups is 1. The van der Waals surface area contributed by atoms with Crippen molar-refractivity contribution in [3.63, 3.8) is 0 Å². The molecule has 0 atom stereocenters. The second kappa shape index (κ2) is 5.79. The molecule has 0 spiro atoms. The van der Waals surface area contributed by atoms with Crippen LogP contribution < -0.4 is 10.2 Å². The van der Waals surface area contributed by atoms with E-state index in [1.54, 1.807) is 30.3 Å². The van der Waals surface area contributed by atoms with Crippen molar-refractivity contribution in [2.75, 3.05) is 4.90 Å². The zero-order chi connectivity index (χ0) is 17.6. The third-order valence-electron chi connectivity index (χ3n) is 4.17. The highest BCUT2D eigenvalue weighted by molar-refractivity contribution is 6.32. The second-order valence-corrected chi connectivity index (χ2v) is 6.26. The fourth-order valence-electron chi connectivity index (χ4n) is 3.03. The Kier molecular flexibility index (Phi) is 3.58. The van der Waals surface area contributed by atoms with Crippen molar-refractivity contribution in [3.8, 4) is 0 Å². The van der Waals surface area contributed by atoms with Crippen LogP contribution in [0, 0.1) is 0 Å². The van der Waals surface area contributed by atoms with Gasteiger partial charge >= 0.3 is 6.03 Å². The van der Waals surface area contributed by atoms with Gasteiger partial charge in [-0.3, -0.25) is 4.79 Å². The van der Waals surface area contributed by atoms with Crippen LogP contribution in [0.25, 0.3) is 17.0 Å². The molecule has 4 rings (SSSR count). The summed E-state index contributed by atoms with van der Waals surface area (Å²) in [5.41, 5.74) is 2.60. The SMILES string of the molecule is Cn1cc(/C=C2\NC(=O)N(c3cccc(Cl)c3)C2=O)c2ccccc21. The Hall–Kier alpha value is -3.05. The largest absolute Gasteiger partial charge is 0.350 e. The predicted octanol–water partition coefficient (Wildman–Crippen LogP) is 3.93. The quantitative estimate of drug-likeness (QED) is 0.562. The van der Waals surface area contributed by atoms with Gasteiger partial charge in [-0.25, -0.2) is 9.69 Å². The van der Waals surface area contributed by atoms with E-state index in [0.717, 1.165) is 21.4 Å². The van der Waals surface area contributed by atoms with Crippen LogP contribution in [-0.2, 0) is 11.8 Å². The topological polar surface area (TPSA) is 54.3 Å². The Morgan fingerprint density at radius 1 is 1.08 bits per heavy atom. The van der Waals surface area contributed by atoms with Gasteiger partial charge in [-0.15, -0.1) is 0 Å². The van der Waals surface area contributed by atoms with Crippen molar-refractivity contribution >= 4 is 46.2 Å². The lowest BCUT2D eigenvalue weighted by Crippen LogP contribution is -2.30. The van der Waals surface area contributed by atoms with Crippen molar-refractivity contribution in [3.05, 3.63) is 71.0 Å². The minimum absolute atomic E-state index is 0.237. The molecule has 1 N–H and O–H groups in total. The Morgan fingerprint density at radius 3 is 2.68 bits per heavy atom. The Balaban J connectivity index is 1.75. The first-order chi connectivity index (χ1) is 12.0. The molecular formula is C19H14ClN3O2. The summed E-state index contributed by atoms with van der Waals surface area (Å²) >= 11 is 5.97. The standard InChI is InChI=1S/C19H14ClN3O2/c1-22-11-12(15-7-2-3-8-17(15)22)9-16-18(24)23(19(25)21-16)14-6-4-5-13(20)10-14/h2-11H,1H3,(H,21,25)/b16-9-. The molecule has 2 aromatic carbocycles. The first kappa shape index (κ1) is 15.5. The van der Waals surface area contributed by atoms with Crippen molar-refractivity contribution in [1.82, 2.24) is 9.88 Å². The molecule has 1 aliphatic heterocycles. The summed E-state index contributed by atoms with van der Waals surface area (Å²) in [4.78, 5) is 26.1. The number of fused-ring (bicyclic) bond motifs is 1. The molecule has 6 heteroatoms. The molecule has 124 valence electrons. The zero-order valence-corrected chi connectivity index (χ0v) is 14.1. The number of para-hydroxylation sites is 1. The van der Waals surface area contributed by atoms with Crippen LogP contribution in [-0.4, -0.2) is 16.5 Å². The summed E-state index contributed by atoms with van der Waals surface area (Å²) in [6, 6.07) is 14.0. The molecule has 1 aliphatic rings. The van der Waals surface area contributed by atoms with Crippen LogP contribution in [0.2, 0.25) is 5.02 Å². The highest BCUT2D eigenvalue weighted by Crippen LogP contribution is 2.27. The van der Waals surface area contributed by atoms with Gasteiger partial charge in [0.2, 0.25) is 0 Å². The summed E-state index contributed by atoms with van der Waals surface area (Å²) in [5.74, 6) is -0.403. The minimum Gasteiger partial charge on any atom is -0.350 e. The van der Waals surface area contributed by atoms with E-state index in [9.17, 15) is 9.59 Å². The molecular weight excluding hydrogens is 338 g/mol. The van der Waals surface area contributed by atoms with Crippen LogP contribution in [0.3, 0.4) is 0 Å². The minimum atomic E-state index is -0.487. The van der Waals surface area contributed by atoms with Crippen LogP contribution >= 0.6 is 11.6 Å². The van der Waals surface area contributed by atoms with Crippen molar-refractivity contribution < 1.29 is 9.59 Å². The van der Waals surface area contributed by atoms with Crippen molar-refractivity contribution in [1.29, 1.82) is 0 Å². The Bertz CT molecular complexity index is 1050. The number of nitrogens with one attached hydrogen (secondary N) is 1. The molecule has 0 unspecified atom stereocenters. The number of anilines is 1. The van der Waals surface area contributed by atoms with E-state index >= 15 is 0 Å². The number of aromatic nitrogens is 1. The molecule has 0 aliphatic carbocycles. The fraction of sp³-hybridized carbons (Fsp3) is 0.0526. The predicted molar refractivity (Wildman–Crippen MR) is 98.4 cm³/mol. The van der Waals surface area contributed by atoms with Gasteiger partial charge in [0.25, 0.3) is 5.91 Å². The van der Waals surface area contributed by atoms with Crippen LogP contribution in [0.4, 0.5) is 10.5 Å². The number of benzene rings is 2. The van der Waals surface area contributed by atoms with Gasteiger partial charge in [-0.05, 0) is 30.3 Å². The van der Waals surface area contributed by atoms with Crippen LogP contribution in [0.5, 0.6) is 0 Å². The average molecular weight is 352 g/mol. The van der Waals surface area contributed by atoms with Gasteiger partial charge in [-0.1, -0.05) is 35.9 Å². The highest BCUT2D eigenvalue weighted by Gasteiger charge is 2.35. The number of carbonyl (C=O) groups is 2. The third kappa shape index (κ3) is 2.58. The van der Waals surface area contributed by atoms with Crippen LogP contribution in [0.1, 0.15) is 5.56 Å². The smallest absolute Gasteiger partial charge is 0.333 e. The number of urea groups is 1. The normalized spacial score (nSPS) is 16.1. The summed E-state index contributed by atoms with van der Waals surface area (Å²) < 4.78 is 1.98. The van der Waals surface area contributed by atoms with E-state index in [2.05, 4.69) is 5.32 Å². The van der Waals surface area contributed by atoms with Crippen LogP contribution in [0.15, 0.2) is 60.4 Å². The second-order valence-electron chi connectivity index (χ2n) is 5.82. The van der Waals surface area contributed by atoms with Gasteiger partial charge in [0.15, 0.2) is 0 Å². The molecule has 3 aromatic rings. The van der Waals surface area contributed by atoms with E-state index < -0.39 is 11.9 Å². The number of aryl methyl sites for hydroxylation is 1. The van der Waals surface area contributed by atoms with Crippen molar-refractivity contribution in [2.24, 2.45) is 7.05 Å². The number of halogens is 1. The lowest BCUT2D eigenvalue weighted by Gasteiger charge is -2.11. The van der Waals surface area contributed by atoms with E-state index in [4.69, 9.17) is 11.6 Å². The molecule has 1 fully saturated rings. The number of carbonyl (C=O) groups excluding carboxylic acids is 2. The average Bonchev–Trinajstić information content (AvgIpc) is 3.05. The van der Waals surface area contributed by atoms with E-state index in [1.807, 2.05) is 42.1 Å². The lowest BCUT2D eigenvalue weighted by atomic mass is 10.1. The molecule has 3 amide bonds. The first-order valence-corrected chi connectivity index (χ1v) is 8.09. The number of nitrogens with zero attached hydrogens (tertiary/aromatic N) is 2. The number of rotatable bonds is 2. The van der Waals surface area contributed by atoms with E-state index in [0.29, 0.717) is 10.7 Å². The molecule has 0 bridgehead atoms. The summed E-state index contributed by atoms with van der Waals surface area (Å²) in [6.07, 6.45) is 3.63. The Morgan fingerprint density at radius 2 is 1.88 bits per heavy atom. The summed E-state index contributed by atoms with van der Waals surface area (Å²) in [7, 11) is 1.94. The molecule has 2 heterocycles. The maximum Gasteiger partial charge on any atom is 0.333 e. The summed E-state index contributed by atoms with van der Waals surface area (Å²) in [5, 5.41) is 4.12.